The van der Waals surface area contributed by atoms with Crippen LogP contribution in [0.2, 0.25) is 0 Å². The maximum atomic E-state index is 12.3. The number of hydrogen-bond acceptors (Lipinski definition) is 2. The molecule has 2 nitrogen and oxygen atoms in total. The Hall–Kier alpha value is -0.370. The number of ether oxygens (including phenoxy) is 1. The van der Waals surface area contributed by atoms with E-state index in [9.17, 15) is 4.79 Å². The van der Waals surface area contributed by atoms with Crippen LogP contribution in [0.15, 0.2) is 0 Å². The molecule has 106 valence electrons. The fraction of sp³-hybridized carbons (Fsp3) is 0.938. The van der Waals surface area contributed by atoms with E-state index in [0.717, 1.165) is 25.2 Å². The molecule has 0 spiro atoms. The van der Waals surface area contributed by atoms with Crippen LogP contribution in [0.5, 0.6) is 0 Å². The molecule has 1 aliphatic carbocycles. The Bertz CT molecular complexity index is 229. The minimum absolute atomic E-state index is 0.183. The molecule has 18 heavy (non-hydrogen) atoms. The van der Waals surface area contributed by atoms with Gasteiger partial charge in [-0.25, -0.2) is 0 Å². The molecule has 0 aromatic carbocycles. The van der Waals surface area contributed by atoms with Gasteiger partial charge in [0.1, 0.15) is 5.78 Å². The molecule has 0 N–H and O–H groups in total. The summed E-state index contributed by atoms with van der Waals surface area (Å²) in [6.45, 7) is 5.02. The molecule has 0 bridgehead atoms. The highest BCUT2D eigenvalue weighted by Gasteiger charge is 2.28. The molecule has 1 aliphatic rings. The van der Waals surface area contributed by atoms with Gasteiger partial charge in [0.05, 0.1) is 0 Å². The third-order valence-corrected chi connectivity index (χ3v) is 4.46. The Morgan fingerprint density at radius 1 is 1.28 bits per heavy atom. The largest absolute Gasteiger partial charge is 0.385 e. The molecule has 1 fully saturated rings. The van der Waals surface area contributed by atoms with Crippen molar-refractivity contribution in [3.8, 4) is 0 Å². The summed E-state index contributed by atoms with van der Waals surface area (Å²) in [5.74, 6) is 1.90. The fourth-order valence-electron chi connectivity index (χ4n) is 3.07. The van der Waals surface area contributed by atoms with Crippen LogP contribution in [0.3, 0.4) is 0 Å². The third kappa shape index (κ3) is 5.09. The predicted molar refractivity (Wildman–Crippen MR) is 75.6 cm³/mol. The normalized spacial score (nSPS) is 25.9. The predicted octanol–water partition coefficient (Wildman–Crippen LogP) is 4.22. The molecule has 0 aliphatic heterocycles. The van der Waals surface area contributed by atoms with E-state index >= 15 is 0 Å². The summed E-state index contributed by atoms with van der Waals surface area (Å²) in [5.41, 5.74) is 0. The van der Waals surface area contributed by atoms with Crippen LogP contribution in [-0.4, -0.2) is 19.5 Å². The van der Waals surface area contributed by atoms with Crippen molar-refractivity contribution in [3.63, 3.8) is 0 Å². The smallest absolute Gasteiger partial charge is 0.138 e. The molecule has 0 radical (unpaired) electrons. The molecule has 0 heterocycles. The molecule has 1 unspecified atom stereocenters. The van der Waals surface area contributed by atoms with E-state index < -0.39 is 0 Å². The van der Waals surface area contributed by atoms with Crippen molar-refractivity contribution in [2.24, 2.45) is 17.8 Å². The van der Waals surface area contributed by atoms with E-state index in [1.165, 1.54) is 32.1 Å². The Kier molecular flexibility index (Phi) is 7.57. The summed E-state index contributed by atoms with van der Waals surface area (Å²) in [4.78, 5) is 12.3. The topological polar surface area (TPSA) is 26.3 Å². The van der Waals surface area contributed by atoms with E-state index in [0.29, 0.717) is 18.3 Å². The summed E-state index contributed by atoms with van der Waals surface area (Å²) >= 11 is 0. The standard InChI is InChI=1S/C16H30O2/c1-4-5-6-14-7-9-15(10-8-14)16(17)13(2)11-12-18-3/h13-15H,4-12H2,1-3H3. The molecule has 0 amide bonds. The van der Waals surface area contributed by atoms with Gasteiger partial charge in [0.25, 0.3) is 0 Å². The lowest BCUT2D eigenvalue weighted by Gasteiger charge is -2.29. The molecule has 0 aromatic heterocycles. The van der Waals surface area contributed by atoms with Crippen LogP contribution < -0.4 is 0 Å². The summed E-state index contributed by atoms with van der Waals surface area (Å²) in [5, 5.41) is 0. The van der Waals surface area contributed by atoms with Crippen molar-refractivity contribution in [2.75, 3.05) is 13.7 Å². The van der Waals surface area contributed by atoms with E-state index in [1.807, 2.05) is 0 Å². The van der Waals surface area contributed by atoms with E-state index in [-0.39, 0.29) is 5.92 Å². The van der Waals surface area contributed by atoms with E-state index in [1.54, 1.807) is 7.11 Å². The van der Waals surface area contributed by atoms with Gasteiger partial charge in [-0.2, -0.15) is 0 Å². The van der Waals surface area contributed by atoms with Crippen LogP contribution in [0, 0.1) is 17.8 Å². The van der Waals surface area contributed by atoms with Gasteiger partial charge in [-0.3, -0.25) is 4.79 Å². The van der Waals surface area contributed by atoms with Crippen molar-refractivity contribution < 1.29 is 9.53 Å². The molecule has 1 saturated carbocycles. The zero-order valence-electron chi connectivity index (χ0n) is 12.4. The molecular formula is C16H30O2. The average Bonchev–Trinajstić information content (AvgIpc) is 2.42. The number of unbranched alkanes of at least 4 members (excludes halogenated alkanes) is 1. The third-order valence-electron chi connectivity index (χ3n) is 4.46. The molecule has 0 saturated heterocycles. The first-order chi connectivity index (χ1) is 8.69. The summed E-state index contributed by atoms with van der Waals surface area (Å²) in [6, 6.07) is 0. The second kappa shape index (κ2) is 8.68. The van der Waals surface area contributed by atoms with Crippen LogP contribution in [-0.2, 0) is 9.53 Å². The van der Waals surface area contributed by atoms with Crippen LogP contribution >= 0.6 is 0 Å². The molecule has 2 heteroatoms. The van der Waals surface area contributed by atoms with Gasteiger partial charge >= 0.3 is 0 Å². The maximum absolute atomic E-state index is 12.3. The van der Waals surface area contributed by atoms with E-state index in [2.05, 4.69) is 13.8 Å². The van der Waals surface area contributed by atoms with Gasteiger partial charge in [0.2, 0.25) is 0 Å². The highest BCUT2D eigenvalue weighted by Crippen LogP contribution is 2.33. The second-order valence-electron chi connectivity index (χ2n) is 5.94. The molecular weight excluding hydrogens is 224 g/mol. The van der Waals surface area contributed by atoms with Crippen molar-refractivity contribution >= 4 is 5.78 Å². The van der Waals surface area contributed by atoms with E-state index in [4.69, 9.17) is 4.74 Å². The Labute approximate surface area is 112 Å². The second-order valence-corrected chi connectivity index (χ2v) is 5.94. The summed E-state index contributed by atoms with van der Waals surface area (Å²) in [6.07, 6.45) is 9.71. The van der Waals surface area contributed by atoms with Crippen molar-refractivity contribution in [2.45, 2.75) is 65.2 Å². The highest BCUT2D eigenvalue weighted by atomic mass is 16.5. The summed E-state index contributed by atoms with van der Waals surface area (Å²) < 4.78 is 5.06. The number of carbonyl (C=O) groups excluding carboxylic acids is 1. The number of methoxy groups -OCH3 is 1. The molecule has 1 rings (SSSR count). The van der Waals surface area contributed by atoms with Crippen LogP contribution in [0.4, 0.5) is 0 Å². The van der Waals surface area contributed by atoms with Gasteiger partial charge < -0.3 is 4.74 Å². The first kappa shape index (κ1) is 15.7. The molecule has 0 aromatic rings. The lowest BCUT2D eigenvalue weighted by atomic mass is 9.76. The minimum atomic E-state index is 0.183. The van der Waals surface area contributed by atoms with Crippen molar-refractivity contribution in [1.29, 1.82) is 0 Å². The molecule has 1 atom stereocenters. The summed E-state index contributed by atoms with van der Waals surface area (Å²) in [7, 11) is 1.70. The first-order valence-corrected chi connectivity index (χ1v) is 7.71. The van der Waals surface area contributed by atoms with Gasteiger partial charge in [0, 0.05) is 25.6 Å². The van der Waals surface area contributed by atoms with Crippen LogP contribution in [0.25, 0.3) is 0 Å². The average molecular weight is 254 g/mol. The first-order valence-electron chi connectivity index (χ1n) is 7.71. The number of Topliss-reactive ketones (excluding diaryl/α,β-unsaturated/α-hetero) is 1. The Morgan fingerprint density at radius 3 is 2.50 bits per heavy atom. The van der Waals surface area contributed by atoms with Crippen LogP contribution in [0.1, 0.15) is 65.2 Å². The van der Waals surface area contributed by atoms with Gasteiger partial charge in [-0.15, -0.1) is 0 Å². The SMILES string of the molecule is CCCCC1CCC(C(=O)C(C)CCOC)CC1. The Balaban J connectivity index is 2.26. The number of rotatable bonds is 8. The number of ketones is 1. The zero-order valence-corrected chi connectivity index (χ0v) is 12.4. The minimum Gasteiger partial charge on any atom is -0.385 e. The zero-order chi connectivity index (χ0) is 13.4. The quantitative estimate of drug-likeness (QED) is 0.648. The highest BCUT2D eigenvalue weighted by molar-refractivity contribution is 5.83. The lowest BCUT2D eigenvalue weighted by molar-refractivity contribution is -0.128. The monoisotopic (exact) mass is 254 g/mol. The van der Waals surface area contributed by atoms with Gasteiger partial charge in [-0.05, 0) is 38.0 Å². The van der Waals surface area contributed by atoms with Gasteiger partial charge in [0.15, 0.2) is 0 Å². The van der Waals surface area contributed by atoms with Gasteiger partial charge in [-0.1, -0.05) is 33.1 Å². The number of carbonyl (C=O) groups is 1. The number of hydrogen-bond donors (Lipinski definition) is 0. The Morgan fingerprint density at radius 2 is 1.94 bits per heavy atom. The fourth-order valence-corrected chi connectivity index (χ4v) is 3.07. The lowest BCUT2D eigenvalue weighted by Crippen LogP contribution is -2.27. The van der Waals surface area contributed by atoms with Crippen molar-refractivity contribution in [1.82, 2.24) is 0 Å². The van der Waals surface area contributed by atoms with Crippen molar-refractivity contribution in [3.05, 3.63) is 0 Å². The maximum Gasteiger partial charge on any atom is 0.138 e.